The maximum atomic E-state index is 12.9. The molecule has 0 radical (unpaired) electrons. The molecule has 168 valence electrons. The molecular formula is C26H24ClN3O3. The Labute approximate surface area is 197 Å². The number of hydrogen-bond donors (Lipinski definition) is 2. The fourth-order valence-corrected chi connectivity index (χ4v) is 4.48. The van der Waals surface area contributed by atoms with Gasteiger partial charge in [-0.2, -0.15) is 0 Å². The second-order valence-electron chi connectivity index (χ2n) is 8.51. The van der Waals surface area contributed by atoms with E-state index in [1.54, 1.807) is 18.2 Å². The first-order chi connectivity index (χ1) is 16.0. The molecule has 2 N–H and O–H groups in total. The largest absolute Gasteiger partial charge is 0.457 e. The van der Waals surface area contributed by atoms with Crippen LogP contribution in [0.15, 0.2) is 59.0 Å². The van der Waals surface area contributed by atoms with E-state index < -0.39 is 0 Å². The molecule has 1 saturated heterocycles. The van der Waals surface area contributed by atoms with Gasteiger partial charge in [-0.05, 0) is 75.5 Å². The van der Waals surface area contributed by atoms with E-state index in [9.17, 15) is 9.59 Å². The van der Waals surface area contributed by atoms with Gasteiger partial charge < -0.3 is 20.0 Å². The predicted molar refractivity (Wildman–Crippen MR) is 130 cm³/mol. The average molecular weight is 462 g/mol. The van der Waals surface area contributed by atoms with Gasteiger partial charge in [0.15, 0.2) is 0 Å². The molecule has 0 spiro atoms. The number of carbonyl (C=O) groups excluding carboxylic acids is 2. The summed E-state index contributed by atoms with van der Waals surface area (Å²) < 4.78 is 5.99. The summed E-state index contributed by atoms with van der Waals surface area (Å²) >= 11 is 6.35. The predicted octanol–water partition coefficient (Wildman–Crippen LogP) is 4.92. The molecule has 0 unspecified atom stereocenters. The Bertz CT molecular complexity index is 1260. The second kappa shape index (κ2) is 8.89. The van der Waals surface area contributed by atoms with Crippen molar-refractivity contribution in [3.8, 4) is 11.3 Å². The number of benzene rings is 2. The number of amides is 2. The van der Waals surface area contributed by atoms with Gasteiger partial charge in [0.2, 0.25) is 0 Å². The van der Waals surface area contributed by atoms with E-state index in [4.69, 9.17) is 16.0 Å². The van der Waals surface area contributed by atoms with Gasteiger partial charge in [0, 0.05) is 22.9 Å². The van der Waals surface area contributed by atoms with Crippen LogP contribution in [0.25, 0.3) is 23.0 Å². The minimum Gasteiger partial charge on any atom is -0.457 e. The lowest BCUT2D eigenvalue weighted by Gasteiger charge is -2.29. The molecule has 3 heterocycles. The zero-order chi connectivity index (χ0) is 22.9. The Morgan fingerprint density at radius 2 is 1.94 bits per heavy atom. The molecule has 6 nitrogen and oxygen atoms in total. The number of nitrogens with one attached hydrogen (secondary N) is 2. The topological polar surface area (TPSA) is 74.6 Å². The van der Waals surface area contributed by atoms with E-state index in [0.29, 0.717) is 27.7 Å². The number of hydrogen-bond acceptors (Lipinski definition) is 4. The Hall–Kier alpha value is -3.35. The summed E-state index contributed by atoms with van der Waals surface area (Å²) in [5, 5.41) is 6.37. The Balaban J connectivity index is 1.37. The standard InChI is InChI=1S/C26H24ClN3O3/c1-30-12-10-17(11-13-30)28-26(32)21-14-16(6-8-22(21)27)24-9-7-18(33-24)15-20-19-4-2-3-5-23(19)29-25(20)31/h2-9,14-15,17H,10-13H2,1H3,(H,28,32)(H,29,31)/b20-15+. The van der Waals surface area contributed by atoms with Gasteiger partial charge >= 0.3 is 0 Å². The lowest BCUT2D eigenvalue weighted by atomic mass is 10.0. The Morgan fingerprint density at radius 3 is 2.76 bits per heavy atom. The highest BCUT2D eigenvalue weighted by Gasteiger charge is 2.24. The summed E-state index contributed by atoms with van der Waals surface area (Å²) in [4.78, 5) is 27.5. The number of nitrogens with zero attached hydrogens (tertiary/aromatic N) is 1. The lowest BCUT2D eigenvalue weighted by molar-refractivity contribution is -0.110. The molecule has 0 atom stereocenters. The first-order valence-electron chi connectivity index (χ1n) is 11.0. The SMILES string of the molecule is CN1CCC(NC(=O)c2cc(-c3ccc(/C=C4/C(=O)Nc5ccccc54)o3)ccc2Cl)CC1. The maximum absolute atomic E-state index is 12.9. The van der Waals surface area contributed by atoms with Crippen LogP contribution in [0.4, 0.5) is 5.69 Å². The van der Waals surface area contributed by atoms with E-state index in [0.717, 1.165) is 42.7 Å². The van der Waals surface area contributed by atoms with E-state index in [-0.39, 0.29) is 17.9 Å². The average Bonchev–Trinajstić information content (AvgIpc) is 3.40. The van der Waals surface area contributed by atoms with Crippen molar-refractivity contribution in [2.75, 3.05) is 25.5 Å². The molecule has 7 heteroatoms. The molecule has 2 aromatic carbocycles. The number of para-hydroxylation sites is 1. The summed E-state index contributed by atoms with van der Waals surface area (Å²) in [6, 6.07) is 16.6. The van der Waals surface area contributed by atoms with Gasteiger partial charge in [-0.1, -0.05) is 29.8 Å². The molecule has 2 amide bonds. The first kappa shape index (κ1) is 21.5. The van der Waals surface area contributed by atoms with Gasteiger partial charge in [0.05, 0.1) is 16.2 Å². The van der Waals surface area contributed by atoms with Crippen molar-refractivity contribution >= 4 is 40.8 Å². The number of furan rings is 1. The van der Waals surface area contributed by atoms with E-state index in [1.165, 1.54) is 0 Å². The van der Waals surface area contributed by atoms with Gasteiger partial charge in [0.25, 0.3) is 11.8 Å². The van der Waals surface area contributed by atoms with Gasteiger partial charge in [0.1, 0.15) is 11.5 Å². The van der Waals surface area contributed by atoms with E-state index >= 15 is 0 Å². The molecule has 1 aromatic heterocycles. The van der Waals surface area contributed by atoms with Gasteiger partial charge in [-0.25, -0.2) is 0 Å². The fourth-order valence-electron chi connectivity index (χ4n) is 4.28. The van der Waals surface area contributed by atoms with Crippen LogP contribution < -0.4 is 10.6 Å². The molecular weight excluding hydrogens is 438 g/mol. The van der Waals surface area contributed by atoms with Gasteiger partial charge in [-0.3, -0.25) is 9.59 Å². The van der Waals surface area contributed by atoms with E-state index in [1.807, 2.05) is 42.5 Å². The van der Waals surface area contributed by atoms with Crippen molar-refractivity contribution in [3.05, 3.63) is 76.5 Å². The monoisotopic (exact) mass is 461 g/mol. The van der Waals surface area contributed by atoms with Crippen molar-refractivity contribution < 1.29 is 14.0 Å². The van der Waals surface area contributed by atoms with Crippen LogP contribution in [0, 0.1) is 0 Å². The second-order valence-corrected chi connectivity index (χ2v) is 8.91. The molecule has 0 aliphatic carbocycles. The maximum Gasteiger partial charge on any atom is 0.256 e. The first-order valence-corrected chi connectivity index (χ1v) is 11.4. The molecule has 0 bridgehead atoms. The minimum absolute atomic E-state index is 0.149. The summed E-state index contributed by atoms with van der Waals surface area (Å²) in [5.41, 5.74) is 3.36. The summed E-state index contributed by atoms with van der Waals surface area (Å²) in [7, 11) is 2.09. The highest BCUT2D eigenvalue weighted by atomic mass is 35.5. The molecule has 0 saturated carbocycles. The quantitative estimate of drug-likeness (QED) is 0.541. The summed E-state index contributed by atoms with van der Waals surface area (Å²) in [5.74, 6) is 0.815. The zero-order valence-electron chi connectivity index (χ0n) is 18.2. The van der Waals surface area contributed by atoms with Gasteiger partial charge in [-0.15, -0.1) is 0 Å². The number of piperidine rings is 1. The van der Waals surface area contributed by atoms with Crippen molar-refractivity contribution in [1.29, 1.82) is 0 Å². The fraction of sp³-hybridized carbons (Fsp3) is 0.231. The molecule has 2 aliphatic heterocycles. The third-order valence-corrected chi connectivity index (χ3v) is 6.50. The smallest absolute Gasteiger partial charge is 0.256 e. The van der Waals surface area contributed by atoms with Crippen LogP contribution in [0.2, 0.25) is 5.02 Å². The number of anilines is 1. The summed E-state index contributed by atoms with van der Waals surface area (Å²) in [6.45, 7) is 1.93. The van der Waals surface area contributed by atoms with Crippen LogP contribution in [0.3, 0.4) is 0 Å². The number of rotatable bonds is 4. The van der Waals surface area contributed by atoms with Crippen molar-refractivity contribution in [2.45, 2.75) is 18.9 Å². The Kier molecular flexibility index (Phi) is 5.79. The van der Waals surface area contributed by atoms with Crippen molar-refractivity contribution in [1.82, 2.24) is 10.2 Å². The highest BCUT2D eigenvalue weighted by molar-refractivity contribution is 6.35. The molecule has 1 fully saturated rings. The molecule has 5 rings (SSSR count). The van der Waals surface area contributed by atoms with E-state index in [2.05, 4.69) is 22.6 Å². The third-order valence-electron chi connectivity index (χ3n) is 6.17. The lowest BCUT2D eigenvalue weighted by Crippen LogP contribution is -2.43. The van der Waals surface area contributed by atoms with Crippen molar-refractivity contribution in [3.63, 3.8) is 0 Å². The van der Waals surface area contributed by atoms with Crippen molar-refractivity contribution in [2.24, 2.45) is 0 Å². The number of halogens is 1. The van der Waals surface area contributed by atoms with Crippen LogP contribution in [-0.4, -0.2) is 42.9 Å². The summed E-state index contributed by atoms with van der Waals surface area (Å²) in [6.07, 6.45) is 3.58. The number of fused-ring (bicyclic) bond motifs is 1. The highest BCUT2D eigenvalue weighted by Crippen LogP contribution is 2.34. The minimum atomic E-state index is -0.176. The normalized spacial score (nSPS) is 17.8. The Morgan fingerprint density at radius 1 is 1.15 bits per heavy atom. The molecule has 3 aromatic rings. The number of carbonyl (C=O) groups is 2. The van der Waals surface area contributed by atoms with Crippen LogP contribution >= 0.6 is 11.6 Å². The zero-order valence-corrected chi connectivity index (χ0v) is 19.0. The van der Waals surface area contributed by atoms with Crippen LogP contribution in [0.1, 0.15) is 34.5 Å². The third kappa shape index (κ3) is 4.45. The molecule has 2 aliphatic rings. The van der Waals surface area contributed by atoms with Crippen LogP contribution in [-0.2, 0) is 4.79 Å². The van der Waals surface area contributed by atoms with Crippen LogP contribution in [0.5, 0.6) is 0 Å². The number of likely N-dealkylation sites (tertiary alicyclic amines) is 1. The molecule has 33 heavy (non-hydrogen) atoms.